The maximum absolute atomic E-state index is 5.83. The number of nitrogen functional groups attached to an aromatic ring is 1. The van der Waals surface area contributed by atoms with Crippen molar-refractivity contribution in [3.8, 4) is 0 Å². The molecule has 1 aliphatic heterocycles. The zero-order valence-electron chi connectivity index (χ0n) is 7.62. The zero-order chi connectivity index (χ0) is 9.26. The molecule has 2 rings (SSSR count). The van der Waals surface area contributed by atoms with Crippen LogP contribution in [-0.4, -0.2) is 18.8 Å². The monoisotopic (exact) mass is 175 g/mol. The van der Waals surface area contributed by atoms with E-state index in [4.69, 9.17) is 5.73 Å². The van der Waals surface area contributed by atoms with Crippen LogP contribution in [0.1, 0.15) is 12.5 Å². The van der Waals surface area contributed by atoms with E-state index in [0.29, 0.717) is 6.04 Å². The molecule has 0 aromatic heterocycles. The van der Waals surface area contributed by atoms with Crippen molar-refractivity contribution in [2.45, 2.75) is 13.0 Å². The smallest absolute Gasteiger partial charge is 0.0663 e. The van der Waals surface area contributed by atoms with Crippen molar-refractivity contribution < 1.29 is 0 Å². The van der Waals surface area contributed by atoms with Crippen LogP contribution >= 0.6 is 0 Å². The van der Waals surface area contributed by atoms with E-state index in [1.165, 1.54) is 0 Å². The van der Waals surface area contributed by atoms with Crippen LogP contribution in [0.4, 0.5) is 11.4 Å². The maximum atomic E-state index is 5.83. The van der Waals surface area contributed by atoms with E-state index in [-0.39, 0.29) is 0 Å². The minimum absolute atomic E-state index is 0.312. The summed E-state index contributed by atoms with van der Waals surface area (Å²) in [4.78, 5) is 4.36. The number of rotatable bonds is 0. The Morgan fingerprint density at radius 1 is 1.54 bits per heavy atom. The van der Waals surface area contributed by atoms with Gasteiger partial charge >= 0.3 is 0 Å². The van der Waals surface area contributed by atoms with Crippen molar-refractivity contribution in [3.63, 3.8) is 0 Å². The highest BCUT2D eigenvalue weighted by Crippen LogP contribution is 2.23. The van der Waals surface area contributed by atoms with Gasteiger partial charge in [-0.25, -0.2) is 0 Å². The molecule has 0 amide bonds. The number of hydrogen-bond acceptors (Lipinski definition) is 3. The van der Waals surface area contributed by atoms with Crippen LogP contribution in [0.25, 0.3) is 0 Å². The first kappa shape index (κ1) is 8.10. The summed E-state index contributed by atoms with van der Waals surface area (Å²) in [7, 11) is 0. The van der Waals surface area contributed by atoms with Crippen molar-refractivity contribution >= 4 is 17.6 Å². The van der Waals surface area contributed by atoms with E-state index in [2.05, 4.69) is 17.2 Å². The topological polar surface area (TPSA) is 50.4 Å². The number of anilines is 2. The fraction of sp³-hybridized carbons (Fsp3) is 0.300. The molecule has 0 aliphatic carbocycles. The van der Waals surface area contributed by atoms with E-state index >= 15 is 0 Å². The minimum atomic E-state index is 0.312. The Morgan fingerprint density at radius 2 is 2.38 bits per heavy atom. The van der Waals surface area contributed by atoms with Crippen molar-refractivity contribution in [2.24, 2.45) is 4.99 Å². The normalized spacial score (nSPS) is 20.2. The highest BCUT2D eigenvalue weighted by Gasteiger charge is 2.09. The second-order valence-electron chi connectivity index (χ2n) is 3.32. The summed E-state index contributed by atoms with van der Waals surface area (Å²) in [5.74, 6) is 0. The Labute approximate surface area is 77.7 Å². The molecular weight excluding hydrogens is 162 g/mol. The number of nitrogens with zero attached hydrogens (tertiary/aromatic N) is 1. The van der Waals surface area contributed by atoms with Crippen LogP contribution in [0, 0.1) is 0 Å². The zero-order valence-corrected chi connectivity index (χ0v) is 7.62. The Morgan fingerprint density at radius 3 is 3.23 bits per heavy atom. The van der Waals surface area contributed by atoms with Gasteiger partial charge in [-0.05, 0) is 13.0 Å². The summed E-state index contributed by atoms with van der Waals surface area (Å²) in [5, 5.41) is 3.29. The van der Waals surface area contributed by atoms with Crippen molar-refractivity contribution in [3.05, 3.63) is 23.8 Å². The first-order valence-electron chi connectivity index (χ1n) is 4.43. The van der Waals surface area contributed by atoms with Crippen molar-refractivity contribution in [2.75, 3.05) is 17.6 Å². The molecule has 13 heavy (non-hydrogen) atoms. The van der Waals surface area contributed by atoms with Crippen LogP contribution in [0.15, 0.2) is 23.2 Å². The Bertz CT molecular complexity index is 344. The van der Waals surface area contributed by atoms with Gasteiger partial charge in [0, 0.05) is 18.3 Å². The summed E-state index contributed by atoms with van der Waals surface area (Å²) in [5.41, 5.74) is 8.71. The van der Waals surface area contributed by atoms with Gasteiger partial charge in [0.25, 0.3) is 0 Å². The largest absolute Gasteiger partial charge is 0.397 e. The maximum Gasteiger partial charge on any atom is 0.0663 e. The highest BCUT2D eigenvalue weighted by atomic mass is 15.0. The molecule has 0 saturated heterocycles. The lowest BCUT2D eigenvalue weighted by Crippen LogP contribution is -2.13. The van der Waals surface area contributed by atoms with Gasteiger partial charge < -0.3 is 11.1 Å². The lowest BCUT2D eigenvalue weighted by molar-refractivity contribution is 0.791. The van der Waals surface area contributed by atoms with Gasteiger partial charge in [0.2, 0.25) is 0 Å². The molecule has 1 heterocycles. The SMILES string of the molecule is C[C@H]1CNc2c(N)cccc2C=N1. The third-order valence-corrected chi connectivity index (χ3v) is 2.17. The van der Waals surface area contributed by atoms with Crippen LogP contribution in [0.2, 0.25) is 0 Å². The Kier molecular flexibility index (Phi) is 1.93. The van der Waals surface area contributed by atoms with Gasteiger partial charge in [0.05, 0.1) is 17.4 Å². The summed E-state index contributed by atoms with van der Waals surface area (Å²) >= 11 is 0. The number of nitrogens with one attached hydrogen (secondary N) is 1. The second kappa shape index (κ2) is 3.09. The number of para-hydroxylation sites is 1. The van der Waals surface area contributed by atoms with Gasteiger partial charge in [-0.15, -0.1) is 0 Å². The van der Waals surface area contributed by atoms with Gasteiger partial charge in [-0.3, -0.25) is 4.99 Å². The van der Waals surface area contributed by atoms with Crippen molar-refractivity contribution in [1.82, 2.24) is 0 Å². The first-order valence-corrected chi connectivity index (χ1v) is 4.43. The van der Waals surface area contributed by atoms with Gasteiger partial charge in [-0.2, -0.15) is 0 Å². The van der Waals surface area contributed by atoms with Crippen LogP contribution < -0.4 is 11.1 Å². The molecule has 3 N–H and O–H groups in total. The Balaban J connectivity index is 2.46. The fourth-order valence-corrected chi connectivity index (χ4v) is 1.41. The summed E-state index contributed by atoms with van der Waals surface area (Å²) < 4.78 is 0. The highest BCUT2D eigenvalue weighted by molar-refractivity contribution is 5.92. The van der Waals surface area contributed by atoms with Crippen LogP contribution in [0.3, 0.4) is 0 Å². The van der Waals surface area contributed by atoms with E-state index in [9.17, 15) is 0 Å². The molecule has 0 saturated carbocycles. The molecule has 1 aliphatic rings. The number of benzene rings is 1. The molecular formula is C10H13N3. The standard InChI is InChI=1S/C10H13N3/c1-7-5-13-10-8(6-12-7)3-2-4-9(10)11/h2-4,6-7,13H,5,11H2,1H3/t7-/m0/s1. The summed E-state index contributed by atoms with van der Waals surface area (Å²) in [6.45, 7) is 2.92. The third-order valence-electron chi connectivity index (χ3n) is 2.17. The van der Waals surface area contributed by atoms with Gasteiger partial charge in [-0.1, -0.05) is 12.1 Å². The lowest BCUT2D eigenvalue weighted by Gasteiger charge is -2.09. The molecule has 0 radical (unpaired) electrons. The summed E-state index contributed by atoms with van der Waals surface area (Å²) in [6, 6.07) is 6.17. The fourth-order valence-electron chi connectivity index (χ4n) is 1.41. The molecule has 0 bridgehead atoms. The second-order valence-corrected chi connectivity index (χ2v) is 3.32. The molecule has 68 valence electrons. The molecule has 1 aromatic rings. The van der Waals surface area contributed by atoms with Gasteiger partial charge in [0.1, 0.15) is 0 Å². The van der Waals surface area contributed by atoms with E-state index in [1.807, 2.05) is 24.4 Å². The molecule has 0 fully saturated rings. The molecule has 1 atom stereocenters. The third kappa shape index (κ3) is 1.49. The molecule has 0 spiro atoms. The van der Waals surface area contributed by atoms with E-state index < -0.39 is 0 Å². The van der Waals surface area contributed by atoms with E-state index in [1.54, 1.807) is 0 Å². The van der Waals surface area contributed by atoms with Crippen molar-refractivity contribution in [1.29, 1.82) is 0 Å². The van der Waals surface area contributed by atoms with Crippen LogP contribution in [0.5, 0.6) is 0 Å². The predicted octanol–water partition coefficient (Wildman–Crippen LogP) is 1.50. The Hall–Kier alpha value is -1.51. The average Bonchev–Trinajstić information content (AvgIpc) is 2.30. The predicted molar refractivity (Wildman–Crippen MR) is 56.4 cm³/mol. The van der Waals surface area contributed by atoms with Crippen LogP contribution in [-0.2, 0) is 0 Å². The molecule has 0 unspecified atom stereocenters. The number of benzodiazepines with no additional fused rings is 1. The van der Waals surface area contributed by atoms with E-state index in [0.717, 1.165) is 23.5 Å². The first-order chi connectivity index (χ1) is 6.27. The quantitative estimate of drug-likeness (QED) is 0.587. The van der Waals surface area contributed by atoms with Gasteiger partial charge in [0.15, 0.2) is 0 Å². The minimum Gasteiger partial charge on any atom is -0.397 e. The molecule has 3 heteroatoms. The number of hydrogen-bond donors (Lipinski definition) is 2. The number of nitrogens with two attached hydrogens (primary N) is 1. The number of fused-ring (bicyclic) bond motifs is 1. The molecule has 1 aromatic carbocycles. The lowest BCUT2D eigenvalue weighted by atomic mass is 10.1. The molecule has 3 nitrogen and oxygen atoms in total. The summed E-state index contributed by atoms with van der Waals surface area (Å²) in [6.07, 6.45) is 1.89. The average molecular weight is 175 g/mol. The number of aliphatic imine (C=N–C) groups is 1.